The number of nitrogens with one attached hydrogen (secondary N) is 1. The van der Waals surface area contributed by atoms with Crippen molar-refractivity contribution < 1.29 is 0 Å². The van der Waals surface area contributed by atoms with Crippen molar-refractivity contribution in [3.63, 3.8) is 0 Å². The molecule has 1 nitrogen and oxygen atoms in total. The molecule has 66 valence electrons. The fraction of sp³-hybridized carbons (Fsp3) is 0.455. The van der Waals surface area contributed by atoms with Gasteiger partial charge in [-0.25, -0.2) is 0 Å². The van der Waals surface area contributed by atoms with Gasteiger partial charge >= 0.3 is 0 Å². The van der Waals surface area contributed by atoms with Gasteiger partial charge in [0.2, 0.25) is 0 Å². The van der Waals surface area contributed by atoms with Crippen LogP contribution in [0, 0.1) is 0 Å². The highest BCUT2D eigenvalue weighted by atomic mass is 14.8. The summed E-state index contributed by atoms with van der Waals surface area (Å²) in [6, 6.07) is 8.64. The van der Waals surface area contributed by atoms with Crippen LogP contribution in [-0.2, 0) is 6.42 Å². The topological polar surface area (TPSA) is 12.0 Å². The van der Waals surface area contributed by atoms with Crippen LogP contribution in [0.2, 0.25) is 0 Å². The van der Waals surface area contributed by atoms with E-state index < -0.39 is 0 Å². The summed E-state index contributed by atoms with van der Waals surface area (Å²) in [7, 11) is 0. The molecule has 0 radical (unpaired) electrons. The molecule has 0 aliphatic heterocycles. The van der Waals surface area contributed by atoms with Crippen molar-refractivity contribution in [2.75, 3.05) is 11.9 Å². The second kappa shape index (κ2) is 4.81. The summed E-state index contributed by atoms with van der Waals surface area (Å²) in [5.74, 6) is 0. The molecular weight excluding hydrogens is 146 g/mol. The molecule has 0 atom stereocenters. The average molecular weight is 163 g/mol. The second-order valence-electron chi connectivity index (χ2n) is 2.98. The third-order valence-electron chi connectivity index (χ3n) is 1.85. The predicted octanol–water partition coefficient (Wildman–Crippen LogP) is 3.07. The highest BCUT2D eigenvalue weighted by Gasteiger charge is 1.92. The summed E-state index contributed by atoms with van der Waals surface area (Å²) in [6.45, 7) is 5.32. The SMILES string of the molecule is CCCc1cccc(NCC)c1. The van der Waals surface area contributed by atoms with Gasteiger partial charge in [-0.1, -0.05) is 25.5 Å². The number of hydrogen-bond donors (Lipinski definition) is 1. The number of hydrogen-bond acceptors (Lipinski definition) is 1. The van der Waals surface area contributed by atoms with E-state index in [-0.39, 0.29) is 0 Å². The van der Waals surface area contributed by atoms with Gasteiger partial charge in [0.05, 0.1) is 0 Å². The van der Waals surface area contributed by atoms with Gasteiger partial charge in [-0.2, -0.15) is 0 Å². The van der Waals surface area contributed by atoms with Crippen molar-refractivity contribution in [1.29, 1.82) is 0 Å². The van der Waals surface area contributed by atoms with E-state index in [9.17, 15) is 0 Å². The van der Waals surface area contributed by atoms with Gasteiger partial charge in [0.15, 0.2) is 0 Å². The zero-order chi connectivity index (χ0) is 8.81. The van der Waals surface area contributed by atoms with E-state index in [0.717, 1.165) is 6.54 Å². The minimum Gasteiger partial charge on any atom is -0.385 e. The van der Waals surface area contributed by atoms with Crippen LogP contribution in [0.4, 0.5) is 5.69 Å². The lowest BCUT2D eigenvalue weighted by atomic mass is 10.1. The molecule has 0 saturated carbocycles. The maximum atomic E-state index is 3.31. The zero-order valence-corrected chi connectivity index (χ0v) is 7.93. The van der Waals surface area contributed by atoms with E-state index in [1.54, 1.807) is 0 Å². The molecule has 1 heteroatoms. The third kappa shape index (κ3) is 2.57. The van der Waals surface area contributed by atoms with Crippen molar-refractivity contribution >= 4 is 5.69 Å². The zero-order valence-electron chi connectivity index (χ0n) is 7.93. The molecule has 1 rings (SSSR count). The van der Waals surface area contributed by atoms with Gasteiger partial charge in [0.25, 0.3) is 0 Å². The lowest BCUT2D eigenvalue weighted by molar-refractivity contribution is 0.922. The Kier molecular flexibility index (Phi) is 3.65. The van der Waals surface area contributed by atoms with E-state index in [1.807, 2.05) is 0 Å². The number of benzene rings is 1. The normalized spacial score (nSPS) is 9.83. The molecule has 12 heavy (non-hydrogen) atoms. The Hall–Kier alpha value is -0.980. The van der Waals surface area contributed by atoms with Gasteiger partial charge in [-0.05, 0) is 31.0 Å². The van der Waals surface area contributed by atoms with Crippen LogP contribution >= 0.6 is 0 Å². The highest BCUT2D eigenvalue weighted by Crippen LogP contribution is 2.11. The highest BCUT2D eigenvalue weighted by molar-refractivity contribution is 5.45. The fourth-order valence-corrected chi connectivity index (χ4v) is 1.33. The van der Waals surface area contributed by atoms with Crippen LogP contribution in [0.25, 0.3) is 0 Å². The molecule has 0 heterocycles. The molecule has 0 fully saturated rings. The Balaban J connectivity index is 2.67. The first kappa shape index (κ1) is 9.11. The summed E-state index contributed by atoms with van der Waals surface area (Å²) in [5.41, 5.74) is 2.67. The fourth-order valence-electron chi connectivity index (χ4n) is 1.33. The van der Waals surface area contributed by atoms with Crippen molar-refractivity contribution in [2.24, 2.45) is 0 Å². The Bertz CT molecular complexity index is 209. The summed E-state index contributed by atoms with van der Waals surface area (Å²) >= 11 is 0. The van der Waals surface area contributed by atoms with Crippen molar-refractivity contribution in [2.45, 2.75) is 26.7 Å². The van der Waals surface area contributed by atoms with Gasteiger partial charge in [-0.15, -0.1) is 0 Å². The molecule has 0 aromatic heterocycles. The van der Waals surface area contributed by atoms with Crippen LogP contribution < -0.4 is 5.32 Å². The summed E-state index contributed by atoms with van der Waals surface area (Å²) < 4.78 is 0. The van der Waals surface area contributed by atoms with E-state index in [4.69, 9.17) is 0 Å². The van der Waals surface area contributed by atoms with Crippen molar-refractivity contribution in [3.8, 4) is 0 Å². The Morgan fingerprint density at radius 2 is 2.08 bits per heavy atom. The first-order chi connectivity index (χ1) is 5.86. The van der Waals surface area contributed by atoms with E-state index >= 15 is 0 Å². The van der Waals surface area contributed by atoms with Crippen LogP contribution in [0.3, 0.4) is 0 Å². The average Bonchev–Trinajstić information content (AvgIpc) is 2.06. The van der Waals surface area contributed by atoms with Gasteiger partial charge in [-0.3, -0.25) is 0 Å². The summed E-state index contributed by atoms with van der Waals surface area (Å²) in [6.07, 6.45) is 2.40. The largest absolute Gasteiger partial charge is 0.385 e. The van der Waals surface area contributed by atoms with E-state index in [0.29, 0.717) is 0 Å². The van der Waals surface area contributed by atoms with Crippen LogP contribution in [0.1, 0.15) is 25.8 Å². The minimum atomic E-state index is 0.996. The number of anilines is 1. The molecule has 0 aliphatic carbocycles. The Morgan fingerprint density at radius 3 is 2.75 bits per heavy atom. The first-order valence-electron chi connectivity index (χ1n) is 4.69. The smallest absolute Gasteiger partial charge is 0.0342 e. The molecule has 1 aromatic rings. The monoisotopic (exact) mass is 163 g/mol. The van der Waals surface area contributed by atoms with Crippen LogP contribution in [0.5, 0.6) is 0 Å². The second-order valence-corrected chi connectivity index (χ2v) is 2.98. The minimum absolute atomic E-state index is 0.996. The number of rotatable bonds is 4. The third-order valence-corrected chi connectivity index (χ3v) is 1.85. The Labute approximate surface area is 74.8 Å². The molecule has 1 N–H and O–H groups in total. The predicted molar refractivity (Wildman–Crippen MR) is 54.6 cm³/mol. The molecule has 0 spiro atoms. The lowest BCUT2D eigenvalue weighted by Gasteiger charge is -2.04. The van der Waals surface area contributed by atoms with Gasteiger partial charge < -0.3 is 5.32 Å². The first-order valence-corrected chi connectivity index (χ1v) is 4.69. The van der Waals surface area contributed by atoms with Crippen LogP contribution in [-0.4, -0.2) is 6.54 Å². The van der Waals surface area contributed by atoms with Crippen molar-refractivity contribution in [1.82, 2.24) is 0 Å². The maximum Gasteiger partial charge on any atom is 0.0342 e. The Morgan fingerprint density at radius 1 is 1.25 bits per heavy atom. The quantitative estimate of drug-likeness (QED) is 0.719. The van der Waals surface area contributed by atoms with E-state index in [2.05, 4.69) is 43.4 Å². The summed E-state index contributed by atoms with van der Waals surface area (Å²) in [5, 5.41) is 3.31. The molecular formula is C11H17N. The molecule has 0 bridgehead atoms. The maximum absolute atomic E-state index is 3.31. The van der Waals surface area contributed by atoms with Gasteiger partial charge in [0, 0.05) is 12.2 Å². The molecule has 0 saturated heterocycles. The summed E-state index contributed by atoms with van der Waals surface area (Å²) in [4.78, 5) is 0. The molecule has 1 aromatic carbocycles. The standard InChI is InChI=1S/C11H17N/c1-3-6-10-7-5-8-11(9-10)12-4-2/h5,7-9,12H,3-4,6H2,1-2H3. The van der Waals surface area contributed by atoms with E-state index in [1.165, 1.54) is 24.1 Å². The van der Waals surface area contributed by atoms with Crippen LogP contribution in [0.15, 0.2) is 24.3 Å². The van der Waals surface area contributed by atoms with Gasteiger partial charge in [0.1, 0.15) is 0 Å². The number of aryl methyl sites for hydroxylation is 1. The molecule has 0 amide bonds. The molecule has 0 aliphatic rings. The lowest BCUT2D eigenvalue weighted by Crippen LogP contribution is -1.96. The van der Waals surface area contributed by atoms with Crippen molar-refractivity contribution in [3.05, 3.63) is 29.8 Å². The molecule has 0 unspecified atom stereocenters.